The number of amides is 1. The van der Waals surface area contributed by atoms with Gasteiger partial charge in [0.1, 0.15) is 0 Å². The van der Waals surface area contributed by atoms with Crippen LogP contribution in [-0.4, -0.2) is 21.9 Å². The number of hydrogen-bond donors (Lipinski definition) is 3. The number of rotatable bonds is 5. The van der Waals surface area contributed by atoms with Crippen LogP contribution in [-0.2, 0) is 23.9 Å². The quantitative estimate of drug-likeness (QED) is 0.784. The fourth-order valence-corrected chi connectivity index (χ4v) is 1.86. The van der Waals surface area contributed by atoms with Gasteiger partial charge in [0.25, 0.3) is 0 Å². The maximum absolute atomic E-state index is 12.4. The summed E-state index contributed by atoms with van der Waals surface area (Å²) in [6, 6.07) is 3.85. The van der Waals surface area contributed by atoms with Crippen LogP contribution < -0.4 is 11.1 Å². The van der Waals surface area contributed by atoms with Crippen molar-refractivity contribution in [2.45, 2.75) is 25.2 Å². The zero-order valence-electron chi connectivity index (χ0n) is 11.5. The van der Waals surface area contributed by atoms with Gasteiger partial charge in [-0.05, 0) is 17.7 Å². The Morgan fingerprint density at radius 3 is 2.55 bits per heavy atom. The molecule has 1 atom stereocenters. The minimum atomic E-state index is -4.37. The van der Waals surface area contributed by atoms with Crippen molar-refractivity contribution in [1.29, 1.82) is 0 Å². The summed E-state index contributed by atoms with van der Waals surface area (Å²) >= 11 is 0. The highest BCUT2D eigenvalue weighted by molar-refractivity contribution is 5.81. The van der Waals surface area contributed by atoms with Gasteiger partial charge < -0.3 is 16.0 Å². The summed E-state index contributed by atoms with van der Waals surface area (Å²) < 4.78 is 37.3. The molecule has 1 amide bonds. The monoisotopic (exact) mass is 312 g/mol. The van der Waals surface area contributed by atoms with E-state index in [0.29, 0.717) is 12.0 Å². The van der Waals surface area contributed by atoms with Crippen LogP contribution in [0.3, 0.4) is 0 Å². The summed E-state index contributed by atoms with van der Waals surface area (Å²) in [6.45, 7) is 0.119. The van der Waals surface area contributed by atoms with E-state index in [9.17, 15) is 18.0 Å². The third-order valence-electron chi connectivity index (χ3n) is 3.08. The van der Waals surface area contributed by atoms with Crippen molar-refractivity contribution in [1.82, 2.24) is 15.3 Å². The highest BCUT2D eigenvalue weighted by Gasteiger charge is 2.29. The van der Waals surface area contributed by atoms with Gasteiger partial charge in [-0.15, -0.1) is 0 Å². The second-order valence-corrected chi connectivity index (χ2v) is 4.80. The second-order valence-electron chi connectivity index (χ2n) is 4.80. The number of benzene rings is 1. The number of halogens is 3. The number of aromatic nitrogens is 2. The molecule has 118 valence electrons. The normalized spacial score (nSPS) is 12.9. The van der Waals surface area contributed by atoms with Crippen molar-refractivity contribution in [2.24, 2.45) is 5.73 Å². The lowest BCUT2D eigenvalue weighted by atomic mass is 10.1. The third-order valence-corrected chi connectivity index (χ3v) is 3.08. The Morgan fingerprint density at radius 1 is 1.32 bits per heavy atom. The Hall–Kier alpha value is -2.35. The summed E-state index contributed by atoms with van der Waals surface area (Å²) in [5.74, 6) is -0.380. The highest BCUT2D eigenvalue weighted by Crippen LogP contribution is 2.28. The van der Waals surface area contributed by atoms with Gasteiger partial charge in [0, 0.05) is 24.9 Å². The first-order chi connectivity index (χ1) is 10.4. The van der Waals surface area contributed by atoms with E-state index < -0.39 is 17.8 Å². The molecule has 0 saturated carbocycles. The molecule has 0 spiro atoms. The third kappa shape index (κ3) is 4.32. The molecule has 1 heterocycles. The van der Waals surface area contributed by atoms with Gasteiger partial charge in [-0.2, -0.15) is 13.2 Å². The Morgan fingerprint density at radius 2 is 2.00 bits per heavy atom. The first-order valence-electron chi connectivity index (χ1n) is 6.53. The van der Waals surface area contributed by atoms with Crippen LogP contribution in [0.2, 0.25) is 0 Å². The van der Waals surface area contributed by atoms with Crippen LogP contribution in [0, 0.1) is 0 Å². The van der Waals surface area contributed by atoms with Gasteiger partial charge in [-0.25, -0.2) is 4.98 Å². The molecule has 1 aromatic carbocycles. The first kappa shape index (κ1) is 16.0. The molecule has 2 rings (SSSR count). The zero-order valence-corrected chi connectivity index (χ0v) is 11.5. The predicted octanol–water partition coefficient (Wildman–Crippen LogP) is 1.61. The fraction of sp³-hybridized carbons (Fsp3) is 0.286. The number of nitrogens with two attached hydrogens (primary N) is 1. The SMILES string of the molecule is N[C@@H](Cc1cnc[nH]1)C(=O)NCc1ccc(C(F)(F)F)cc1. The molecule has 0 fully saturated rings. The molecule has 0 aliphatic heterocycles. The molecule has 2 aromatic rings. The fourth-order valence-electron chi connectivity index (χ4n) is 1.86. The predicted molar refractivity (Wildman–Crippen MR) is 73.6 cm³/mol. The average molecular weight is 312 g/mol. The summed E-state index contributed by atoms with van der Waals surface area (Å²) in [5, 5.41) is 2.59. The molecule has 0 radical (unpaired) electrons. The van der Waals surface area contributed by atoms with E-state index in [4.69, 9.17) is 5.73 Å². The molecule has 0 saturated heterocycles. The summed E-state index contributed by atoms with van der Waals surface area (Å²) in [6.07, 6.45) is -1.00. The van der Waals surface area contributed by atoms with Gasteiger partial charge in [0.2, 0.25) is 5.91 Å². The largest absolute Gasteiger partial charge is 0.416 e. The lowest BCUT2D eigenvalue weighted by Gasteiger charge is -2.12. The van der Waals surface area contributed by atoms with E-state index in [2.05, 4.69) is 15.3 Å². The molecule has 22 heavy (non-hydrogen) atoms. The number of H-pyrrole nitrogens is 1. The van der Waals surface area contributed by atoms with Crippen molar-refractivity contribution >= 4 is 5.91 Å². The number of imidazole rings is 1. The van der Waals surface area contributed by atoms with Crippen molar-refractivity contribution < 1.29 is 18.0 Å². The Kier molecular flexibility index (Phi) is 4.81. The first-order valence-corrected chi connectivity index (χ1v) is 6.53. The van der Waals surface area contributed by atoms with Crippen molar-refractivity contribution in [3.05, 3.63) is 53.6 Å². The topological polar surface area (TPSA) is 83.8 Å². The molecule has 0 bridgehead atoms. The number of nitrogens with one attached hydrogen (secondary N) is 2. The van der Waals surface area contributed by atoms with E-state index in [1.807, 2.05) is 0 Å². The molecular weight excluding hydrogens is 297 g/mol. The maximum atomic E-state index is 12.4. The van der Waals surface area contributed by atoms with Crippen molar-refractivity contribution in [3.8, 4) is 0 Å². The molecule has 1 aromatic heterocycles. The van der Waals surface area contributed by atoms with Crippen LogP contribution in [0.15, 0.2) is 36.8 Å². The van der Waals surface area contributed by atoms with E-state index in [0.717, 1.165) is 17.8 Å². The van der Waals surface area contributed by atoms with E-state index in [1.165, 1.54) is 18.5 Å². The van der Waals surface area contributed by atoms with Gasteiger partial charge in [-0.1, -0.05) is 12.1 Å². The van der Waals surface area contributed by atoms with Gasteiger partial charge in [0.05, 0.1) is 17.9 Å². The van der Waals surface area contributed by atoms with Gasteiger partial charge in [0.15, 0.2) is 0 Å². The second kappa shape index (κ2) is 6.61. The van der Waals surface area contributed by atoms with E-state index >= 15 is 0 Å². The standard InChI is InChI=1S/C14H15F3N4O/c15-14(16,17)10-3-1-9(2-4-10)6-20-13(22)12(18)5-11-7-19-8-21-11/h1-4,7-8,12H,5-6,18H2,(H,19,21)(H,20,22)/t12-/m0/s1. The van der Waals surface area contributed by atoms with Crippen molar-refractivity contribution in [3.63, 3.8) is 0 Å². The van der Waals surface area contributed by atoms with Gasteiger partial charge in [-0.3, -0.25) is 4.79 Å². The number of alkyl halides is 3. The Balaban J connectivity index is 1.85. The lowest BCUT2D eigenvalue weighted by molar-refractivity contribution is -0.137. The summed E-state index contributed by atoms with van der Waals surface area (Å²) in [4.78, 5) is 18.5. The molecule has 0 unspecified atom stereocenters. The summed E-state index contributed by atoms with van der Waals surface area (Å²) in [7, 11) is 0. The minimum absolute atomic E-state index is 0.119. The van der Waals surface area contributed by atoms with Gasteiger partial charge >= 0.3 is 6.18 Å². The van der Waals surface area contributed by atoms with Crippen LogP contribution in [0.4, 0.5) is 13.2 Å². The number of aromatic amines is 1. The van der Waals surface area contributed by atoms with E-state index in [-0.39, 0.29) is 12.5 Å². The Labute approximate surface area is 124 Å². The van der Waals surface area contributed by atoms with E-state index in [1.54, 1.807) is 6.20 Å². The average Bonchev–Trinajstić information content (AvgIpc) is 2.97. The molecule has 4 N–H and O–H groups in total. The van der Waals surface area contributed by atoms with Crippen LogP contribution in [0.1, 0.15) is 16.8 Å². The van der Waals surface area contributed by atoms with Crippen LogP contribution in [0.5, 0.6) is 0 Å². The minimum Gasteiger partial charge on any atom is -0.351 e. The molecule has 8 heteroatoms. The molecule has 0 aliphatic carbocycles. The smallest absolute Gasteiger partial charge is 0.351 e. The number of nitrogens with zero attached hydrogens (tertiary/aromatic N) is 1. The summed E-state index contributed by atoms with van der Waals surface area (Å²) in [5.41, 5.74) is 6.32. The molecule has 0 aliphatic rings. The van der Waals surface area contributed by atoms with Crippen LogP contribution in [0.25, 0.3) is 0 Å². The Bertz CT molecular complexity index is 608. The maximum Gasteiger partial charge on any atom is 0.416 e. The zero-order chi connectivity index (χ0) is 16.2. The number of carbonyl (C=O) groups excluding carboxylic acids is 1. The number of hydrogen-bond acceptors (Lipinski definition) is 3. The lowest BCUT2D eigenvalue weighted by Crippen LogP contribution is -2.41. The van der Waals surface area contributed by atoms with Crippen molar-refractivity contribution in [2.75, 3.05) is 0 Å². The highest BCUT2D eigenvalue weighted by atomic mass is 19.4. The molecule has 5 nitrogen and oxygen atoms in total. The number of carbonyl (C=O) groups is 1. The molecular formula is C14H15F3N4O. The van der Waals surface area contributed by atoms with Crippen LogP contribution >= 0.6 is 0 Å².